The number of hydrogen-bond donors (Lipinski definition) is 1. The molecular formula is C14H10Cl3N3O3S. The smallest absolute Gasteiger partial charge is 0.278 e. The Labute approximate surface area is 156 Å². The molecule has 1 aromatic carbocycles. The van der Waals surface area contributed by atoms with E-state index in [1.807, 2.05) is 6.07 Å². The van der Waals surface area contributed by atoms with Gasteiger partial charge in [0.05, 0.1) is 11.4 Å². The zero-order valence-corrected chi connectivity index (χ0v) is 15.3. The van der Waals surface area contributed by atoms with Crippen LogP contribution in [0, 0.1) is 0 Å². The predicted octanol–water partition coefficient (Wildman–Crippen LogP) is 3.47. The number of carbonyl (C=O) groups excluding carboxylic acids is 2. The molecule has 3 rings (SSSR count). The highest BCUT2D eigenvalue weighted by Crippen LogP contribution is 2.36. The molecule has 2 amide bonds. The molecule has 1 aliphatic heterocycles. The summed E-state index contributed by atoms with van der Waals surface area (Å²) in [5.74, 6) is -0.285. The molecule has 0 spiro atoms. The van der Waals surface area contributed by atoms with Crippen molar-refractivity contribution >= 4 is 68.8 Å². The van der Waals surface area contributed by atoms with Crippen LogP contribution in [0.5, 0.6) is 5.75 Å². The second-order valence-corrected chi connectivity index (χ2v) is 8.05. The highest BCUT2D eigenvalue weighted by Gasteiger charge is 2.31. The van der Waals surface area contributed by atoms with Gasteiger partial charge in [0.1, 0.15) is 5.75 Å². The first-order valence-electron chi connectivity index (χ1n) is 6.63. The molecule has 0 fully saturated rings. The Balaban J connectivity index is 1.86. The number of benzene rings is 1. The lowest BCUT2D eigenvalue weighted by atomic mass is 10.1. The van der Waals surface area contributed by atoms with E-state index in [1.165, 1.54) is 16.2 Å². The van der Waals surface area contributed by atoms with Crippen LogP contribution in [0.2, 0.25) is 0 Å². The molecule has 0 radical (unpaired) electrons. The van der Waals surface area contributed by atoms with Crippen LogP contribution >= 0.6 is 46.1 Å². The quantitative estimate of drug-likeness (QED) is 0.775. The fourth-order valence-corrected chi connectivity index (χ4v) is 2.92. The second-order valence-electron chi connectivity index (χ2n) is 4.91. The van der Waals surface area contributed by atoms with E-state index in [2.05, 4.69) is 10.3 Å². The molecule has 1 aromatic heterocycles. The summed E-state index contributed by atoms with van der Waals surface area (Å²) >= 11 is 17.7. The first-order chi connectivity index (χ1) is 11.3. The van der Waals surface area contributed by atoms with Gasteiger partial charge in [-0.25, -0.2) is 4.98 Å². The largest absolute Gasteiger partial charge is 0.482 e. The first-order valence-corrected chi connectivity index (χ1v) is 8.64. The molecule has 10 heteroatoms. The topological polar surface area (TPSA) is 71.5 Å². The van der Waals surface area contributed by atoms with Gasteiger partial charge in [-0.05, 0) is 18.2 Å². The number of carbonyl (C=O) groups is 2. The number of rotatable bonds is 2. The molecule has 126 valence electrons. The third-order valence-electron chi connectivity index (χ3n) is 3.32. The lowest BCUT2D eigenvalue weighted by Crippen LogP contribution is -2.35. The number of likely N-dealkylation sites (N-methyl/N-ethyl adjacent to an activating group) is 1. The van der Waals surface area contributed by atoms with Gasteiger partial charge in [-0.2, -0.15) is 0 Å². The fraction of sp³-hybridized carbons (Fsp3) is 0.214. The highest BCUT2D eigenvalue weighted by atomic mass is 35.6. The van der Waals surface area contributed by atoms with Crippen molar-refractivity contribution in [1.82, 2.24) is 4.98 Å². The maximum absolute atomic E-state index is 11.7. The molecular weight excluding hydrogens is 397 g/mol. The summed E-state index contributed by atoms with van der Waals surface area (Å²) in [6.07, 6.45) is 0. The maximum Gasteiger partial charge on any atom is 0.278 e. The summed E-state index contributed by atoms with van der Waals surface area (Å²) in [5.41, 5.74) is 2.04. The van der Waals surface area contributed by atoms with Gasteiger partial charge in [0.2, 0.25) is 0 Å². The molecule has 0 saturated heterocycles. The third-order valence-corrected chi connectivity index (χ3v) is 4.60. The molecule has 1 N–H and O–H groups in total. The lowest BCUT2D eigenvalue weighted by molar-refractivity contribution is -0.121. The number of ether oxygens (including phenoxy) is 1. The minimum atomic E-state index is -2.06. The van der Waals surface area contributed by atoms with Crippen molar-refractivity contribution < 1.29 is 14.3 Å². The number of aromatic nitrogens is 1. The van der Waals surface area contributed by atoms with Crippen LogP contribution < -0.4 is 15.0 Å². The van der Waals surface area contributed by atoms with E-state index in [-0.39, 0.29) is 12.5 Å². The highest BCUT2D eigenvalue weighted by molar-refractivity contribution is 7.14. The summed E-state index contributed by atoms with van der Waals surface area (Å²) in [6.45, 7) is 0.0206. The zero-order valence-electron chi connectivity index (χ0n) is 12.2. The summed E-state index contributed by atoms with van der Waals surface area (Å²) in [4.78, 5) is 29.2. The Morgan fingerprint density at radius 1 is 1.42 bits per heavy atom. The van der Waals surface area contributed by atoms with Crippen molar-refractivity contribution in [1.29, 1.82) is 0 Å². The Bertz CT molecular complexity index is 819. The number of halogens is 3. The average molecular weight is 407 g/mol. The lowest BCUT2D eigenvalue weighted by Gasteiger charge is -2.26. The molecule has 6 nitrogen and oxygen atoms in total. The standard InChI is InChI=1S/C14H10Cl3N3O3S/c1-20-9-4-7(2-3-10(9)23-5-11(20)21)8-6-24-13(18-8)19-12(22)14(15,16)17/h2-4,6H,5H2,1H3,(H,18,19,22). The Hall–Kier alpha value is -1.54. The molecule has 0 atom stereocenters. The van der Waals surface area contributed by atoms with Crippen LogP contribution in [0.15, 0.2) is 23.6 Å². The second kappa shape index (κ2) is 6.40. The van der Waals surface area contributed by atoms with Crippen LogP contribution in [0.1, 0.15) is 0 Å². The van der Waals surface area contributed by atoms with Gasteiger partial charge in [-0.1, -0.05) is 34.8 Å². The van der Waals surface area contributed by atoms with Gasteiger partial charge < -0.3 is 9.64 Å². The fourth-order valence-electron chi connectivity index (χ4n) is 2.06. The van der Waals surface area contributed by atoms with Crippen molar-refractivity contribution in [3.05, 3.63) is 23.6 Å². The van der Waals surface area contributed by atoms with E-state index >= 15 is 0 Å². The molecule has 0 unspecified atom stereocenters. The summed E-state index contributed by atoms with van der Waals surface area (Å²) in [6, 6.07) is 5.38. The Kier molecular flexibility index (Phi) is 4.61. The molecule has 1 aliphatic rings. The van der Waals surface area contributed by atoms with Crippen LogP contribution in [0.25, 0.3) is 11.3 Å². The van der Waals surface area contributed by atoms with Crippen molar-refractivity contribution in [3.63, 3.8) is 0 Å². The molecule has 2 heterocycles. The molecule has 0 bridgehead atoms. The first kappa shape index (κ1) is 17.3. The van der Waals surface area contributed by atoms with Crippen LogP contribution in [-0.2, 0) is 9.59 Å². The number of anilines is 2. The number of amides is 2. The van der Waals surface area contributed by atoms with Crippen molar-refractivity contribution in [2.24, 2.45) is 0 Å². The van der Waals surface area contributed by atoms with Crippen LogP contribution in [0.3, 0.4) is 0 Å². The van der Waals surface area contributed by atoms with Gasteiger partial charge in [0.15, 0.2) is 11.7 Å². The number of hydrogen-bond acceptors (Lipinski definition) is 5. The van der Waals surface area contributed by atoms with Gasteiger partial charge in [-0.3, -0.25) is 14.9 Å². The maximum atomic E-state index is 11.7. The zero-order chi connectivity index (χ0) is 17.5. The minimum absolute atomic E-state index is 0.0206. The summed E-state index contributed by atoms with van der Waals surface area (Å²) < 4.78 is 3.32. The van der Waals surface area contributed by atoms with Gasteiger partial charge >= 0.3 is 0 Å². The molecule has 2 aromatic rings. The number of nitrogens with one attached hydrogen (secondary N) is 1. The third kappa shape index (κ3) is 3.44. The molecule has 24 heavy (non-hydrogen) atoms. The number of nitrogens with zero attached hydrogens (tertiary/aromatic N) is 2. The van der Waals surface area contributed by atoms with Crippen molar-refractivity contribution in [3.8, 4) is 17.0 Å². The average Bonchev–Trinajstić information content (AvgIpc) is 2.98. The van der Waals surface area contributed by atoms with Gasteiger partial charge in [-0.15, -0.1) is 11.3 Å². The van der Waals surface area contributed by atoms with Crippen molar-refractivity contribution in [2.75, 3.05) is 23.9 Å². The van der Waals surface area contributed by atoms with Gasteiger partial charge in [0, 0.05) is 18.0 Å². The Morgan fingerprint density at radius 2 is 2.17 bits per heavy atom. The van der Waals surface area contributed by atoms with Crippen LogP contribution in [0.4, 0.5) is 10.8 Å². The SMILES string of the molecule is CN1C(=O)COc2ccc(-c3csc(NC(=O)C(Cl)(Cl)Cl)n3)cc21. The number of fused-ring (bicyclic) bond motifs is 1. The Morgan fingerprint density at radius 3 is 2.88 bits per heavy atom. The number of alkyl halides is 3. The van der Waals surface area contributed by atoms with E-state index in [1.54, 1.807) is 24.6 Å². The van der Waals surface area contributed by atoms with Crippen molar-refractivity contribution in [2.45, 2.75) is 3.79 Å². The van der Waals surface area contributed by atoms with E-state index in [0.717, 1.165) is 5.56 Å². The van der Waals surface area contributed by atoms with E-state index in [9.17, 15) is 9.59 Å². The molecule has 0 aliphatic carbocycles. The van der Waals surface area contributed by atoms with E-state index < -0.39 is 9.70 Å². The van der Waals surface area contributed by atoms with E-state index in [0.29, 0.717) is 22.3 Å². The van der Waals surface area contributed by atoms with E-state index in [4.69, 9.17) is 39.5 Å². The monoisotopic (exact) mass is 405 g/mol. The summed E-state index contributed by atoms with van der Waals surface area (Å²) in [5, 5.41) is 4.49. The van der Waals surface area contributed by atoms with Crippen LogP contribution in [-0.4, -0.2) is 34.2 Å². The minimum Gasteiger partial charge on any atom is -0.482 e. The molecule has 0 saturated carbocycles. The predicted molar refractivity (Wildman–Crippen MR) is 95.4 cm³/mol. The summed E-state index contributed by atoms with van der Waals surface area (Å²) in [7, 11) is 1.68. The van der Waals surface area contributed by atoms with Gasteiger partial charge in [0.25, 0.3) is 15.6 Å². The number of thiazole rings is 1. The normalized spacial score (nSPS) is 14.2.